The van der Waals surface area contributed by atoms with Crippen molar-refractivity contribution in [2.24, 2.45) is 5.92 Å². The van der Waals surface area contributed by atoms with E-state index in [0.29, 0.717) is 18.6 Å². The molecule has 2 atom stereocenters. The minimum Gasteiger partial charge on any atom is -0.396 e. The monoisotopic (exact) mass is 269 g/mol. The van der Waals surface area contributed by atoms with Crippen LogP contribution in [-0.2, 0) is 0 Å². The van der Waals surface area contributed by atoms with Crippen molar-refractivity contribution in [3.63, 3.8) is 0 Å². The summed E-state index contributed by atoms with van der Waals surface area (Å²) in [4.78, 5) is 0. The molecule has 2 nitrogen and oxygen atoms in total. The molecule has 2 rings (SSSR count). The van der Waals surface area contributed by atoms with Gasteiger partial charge in [0.2, 0.25) is 0 Å². The summed E-state index contributed by atoms with van der Waals surface area (Å²) in [5, 5.41) is 12.5. The van der Waals surface area contributed by atoms with Crippen molar-refractivity contribution in [3.05, 3.63) is 34.3 Å². The third kappa shape index (κ3) is 2.80. The number of aliphatic hydroxyl groups is 1. The van der Waals surface area contributed by atoms with Gasteiger partial charge in [-0.3, -0.25) is 0 Å². The lowest BCUT2D eigenvalue weighted by Gasteiger charge is -2.29. The van der Waals surface area contributed by atoms with Gasteiger partial charge in [0.05, 0.1) is 0 Å². The first-order valence-electron chi connectivity index (χ1n) is 5.39. The van der Waals surface area contributed by atoms with Gasteiger partial charge in [0.1, 0.15) is 0 Å². The van der Waals surface area contributed by atoms with Crippen molar-refractivity contribution < 1.29 is 5.11 Å². The molecule has 2 unspecified atom stereocenters. The molecule has 1 heterocycles. The number of piperidine rings is 1. The summed E-state index contributed by atoms with van der Waals surface area (Å²) >= 11 is 3.44. The van der Waals surface area contributed by atoms with Gasteiger partial charge < -0.3 is 10.4 Å². The summed E-state index contributed by atoms with van der Waals surface area (Å²) in [6.07, 6.45) is 2.23. The van der Waals surface area contributed by atoms with E-state index in [-0.39, 0.29) is 0 Å². The van der Waals surface area contributed by atoms with E-state index in [9.17, 15) is 0 Å². The third-order valence-electron chi connectivity index (χ3n) is 3.05. The Bertz CT molecular complexity index is 304. The average molecular weight is 270 g/mol. The third-order valence-corrected chi connectivity index (χ3v) is 3.58. The second-order valence-corrected chi connectivity index (χ2v) is 5.05. The first-order chi connectivity index (χ1) is 7.29. The molecule has 0 aromatic heterocycles. The number of aliphatic hydroxyl groups excluding tert-OH is 1. The zero-order valence-corrected chi connectivity index (χ0v) is 10.2. The summed E-state index contributed by atoms with van der Waals surface area (Å²) in [5.74, 6) is 0.441. The first kappa shape index (κ1) is 11.1. The molecule has 1 aliphatic heterocycles. The quantitative estimate of drug-likeness (QED) is 0.865. The molecule has 0 saturated carbocycles. The van der Waals surface area contributed by atoms with Gasteiger partial charge in [-0.05, 0) is 36.5 Å². The van der Waals surface area contributed by atoms with E-state index in [0.717, 1.165) is 23.9 Å². The Kier molecular flexibility index (Phi) is 3.78. The Morgan fingerprint density at radius 1 is 1.27 bits per heavy atom. The molecule has 2 N–H and O–H groups in total. The highest BCUT2D eigenvalue weighted by Gasteiger charge is 2.20. The molecule has 0 spiro atoms. The summed E-state index contributed by atoms with van der Waals surface area (Å²) in [6, 6.07) is 8.92. The molecule has 1 aromatic carbocycles. The van der Waals surface area contributed by atoms with Crippen LogP contribution in [0.25, 0.3) is 0 Å². The minimum atomic E-state index is 0.306. The molecule has 15 heavy (non-hydrogen) atoms. The van der Waals surface area contributed by atoms with E-state index >= 15 is 0 Å². The average Bonchev–Trinajstić information content (AvgIpc) is 2.30. The van der Waals surface area contributed by atoms with E-state index in [2.05, 4.69) is 45.5 Å². The number of halogens is 1. The van der Waals surface area contributed by atoms with E-state index < -0.39 is 0 Å². The Labute approximate surface area is 98.8 Å². The molecule has 1 aromatic rings. The van der Waals surface area contributed by atoms with Crippen LogP contribution in [0.4, 0.5) is 0 Å². The van der Waals surface area contributed by atoms with Gasteiger partial charge in [-0.15, -0.1) is 0 Å². The van der Waals surface area contributed by atoms with Crippen molar-refractivity contribution in [2.45, 2.75) is 18.9 Å². The maximum absolute atomic E-state index is 9.04. The second kappa shape index (κ2) is 5.10. The van der Waals surface area contributed by atoms with Gasteiger partial charge in [0, 0.05) is 23.7 Å². The SMILES string of the molecule is OCC1CCC(c2ccc(Br)cc2)NC1. The smallest absolute Gasteiger partial charge is 0.0471 e. The fourth-order valence-corrected chi connectivity index (χ4v) is 2.32. The lowest BCUT2D eigenvalue weighted by molar-refractivity contribution is 0.184. The largest absolute Gasteiger partial charge is 0.396 e. The predicted octanol–water partition coefficient (Wildman–Crippen LogP) is 2.48. The van der Waals surface area contributed by atoms with Crippen molar-refractivity contribution in [3.8, 4) is 0 Å². The van der Waals surface area contributed by atoms with Crippen LogP contribution in [0, 0.1) is 5.92 Å². The molecule has 3 heteroatoms. The molecule has 0 aliphatic carbocycles. The maximum Gasteiger partial charge on any atom is 0.0471 e. The highest BCUT2D eigenvalue weighted by Crippen LogP contribution is 2.26. The van der Waals surface area contributed by atoms with Gasteiger partial charge in [-0.25, -0.2) is 0 Å². The summed E-state index contributed by atoms with van der Waals surface area (Å²) in [5.41, 5.74) is 1.34. The van der Waals surface area contributed by atoms with Crippen LogP contribution in [0.3, 0.4) is 0 Å². The molecule has 0 radical (unpaired) electrons. The predicted molar refractivity (Wildman–Crippen MR) is 64.7 cm³/mol. The number of rotatable bonds is 2. The Morgan fingerprint density at radius 2 is 2.00 bits per heavy atom. The zero-order chi connectivity index (χ0) is 10.7. The van der Waals surface area contributed by atoms with Gasteiger partial charge in [0.25, 0.3) is 0 Å². The normalized spacial score (nSPS) is 26.5. The molecule has 1 fully saturated rings. The van der Waals surface area contributed by atoms with Gasteiger partial charge in [-0.2, -0.15) is 0 Å². The van der Waals surface area contributed by atoms with Crippen molar-refractivity contribution in [2.75, 3.05) is 13.2 Å². The molecular weight excluding hydrogens is 254 g/mol. The number of hydrogen-bond acceptors (Lipinski definition) is 2. The fourth-order valence-electron chi connectivity index (χ4n) is 2.05. The van der Waals surface area contributed by atoms with E-state index in [1.54, 1.807) is 0 Å². The Hall–Kier alpha value is -0.380. The standard InChI is InChI=1S/C12H16BrNO/c13-11-4-2-10(3-5-11)12-6-1-9(8-15)7-14-12/h2-5,9,12,14-15H,1,6-8H2. The van der Waals surface area contributed by atoms with Crippen LogP contribution in [0.1, 0.15) is 24.4 Å². The Balaban J connectivity index is 1.98. The topological polar surface area (TPSA) is 32.3 Å². The van der Waals surface area contributed by atoms with Gasteiger partial charge >= 0.3 is 0 Å². The van der Waals surface area contributed by atoms with Crippen LogP contribution >= 0.6 is 15.9 Å². The highest BCUT2D eigenvalue weighted by molar-refractivity contribution is 9.10. The molecule has 0 bridgehead atoms. The molecule has 82 valence electrons. The highest BCUT2D eigenvalue weighted by atomic mass is 79.9. The minimum absolute atomic E-state index is 0.306. The molecule has 1 saturated heterocycles. The lowest BCUT2D eigenvalue weighted by atomic mass is 9.91. The molecular formula is C12H16BrNO. The first-order valence-corrected chi connectivity index (χ1v) is 6.18. The fraction of sp³-hybridized carbons (Fsp3) is 0.500. The van der Waals surface area contributed by atoms with Gasteiger partial charge in [-0.1, -0.05) is 28.1 Å². The van der Waals surface area contributed by atoms with Crippen molar-refractivity contribution in [1.29, 1.82) is 0 Å². The van der Waals surface area contributed by atoms with E-state index in [4.69, 9.17) is 5.11 Å². The van der Waals surface area contributed by atoms with E-state index in [1.165, 1.54) is 5.56 Å². The van der Waals surface area contributed by atoms with Crippen LogP contribution < -0.4 is 5.32 Å². The summed E-state index contributed by atoms with van der Waals surface area (Å²) in [6.45, 7) is 1.23. The number of hydrogen-bond donors (Lipinski definition) is 2. The van der Waals surface area contributed by atoms with Crippen LogP contribution in [-0.4, -0.2) is 18.3 Å². The van der Waals surface area contributed by atoms with E-state index in [1.807, 2.05) is 0 Å². The zero-order valence-electron chi connectivity index (χ0n) is 8.62. The van der Waals surface area contributed by atoms with Crippen LogP contribution in [0.5, 0.6) is 0 Å². The number of benzene rings is 1. The van der Waals surface area contributed by atoms with Gasteiger partial charge in [0.15, 0.2) is 0 Å². The van der Waals surface area contributed by atoms with Crippen LogP contribution in [0.2, 0.25) is 0 Å². The van der Waals surface area contributed by atoms with Crippen LogP contribution in [0.15, 0.2) is 28.7 Å². The molecule has 0 amide bonds. The second-order valence-electron chi connectivity index (χ2n) is 4.14. The number of nitrogens with one attached hydrogen (secondary N) is 1. The van der Waals surface area contributed by atoms with Crippen molar-refractivity contribution in [1.82, 2.24) is 5.32 Å². The maximum atomic E-state index is 9.04. The molecule has 1 aliphatic rings. The lowest BCUT2D eigenvalue weighted by Crippen LogP contribution is -2.34. The summed E-state index contributed by atoms with van der Waals surface area (Å²) in [7, 11) is 0. The summed E-state index contributed by atoms with van der Waals surface area (Å²) < 4.78 is 1.12. The Morgan fingerprint density at radius 3 is 2.53 bits per heavy atom. The van der Waals surface area contributed by atoms with Crippen molar-refractivity contribution >= 4 is 15.9 Å².